The number of non-ortho nitro benzene ring substituents is 1. The quantitative estimate of drug-likeness (QED) is 0.670. The van der Waals surface area contributed by atoms with Crippen LogP contribution in [0, 0.1) is 10.1 Å². The molecule has 18 heavy (non-hydrogen) atoms. The van der Waals surface area contributed by atoms with E-state index in [4.69, 9.17) is 0 Å². The highest BCUT2D eigenvalue weighted by molar-refractivity contribution is 5.85. The maximum absolute atomic E-state index is 10.5. The maximum Gasteiger partial charge on any atom is 0.269 e. The monoisotopic (exact) mass is 271 g/mol. The predicted molar refractivity (Wildman–Crippen MR) is 73.1 cm³/mol. The smallest absolute Gasteiger partial charge is 0.269 e. The van der Waals surface area contributed by atoms with Crippen LogP contribution in [0.1, 0.15) is 12.0 Å². The van der Waals surface area contributed by atoms with E-state index in [-0.39, 0.29) is 23.0 Å². The summed E-state index contributed by atoms with van der Waals surface area (Å²) >= 11 is 0. The summed E-state index contributed by atoms with van der Waals surface area (Å²) < 4.78 is 0. The molecule has 0 saturated carbocycles. The van der Waals surface area contributed by atoms with Crippen LogP contribution >= 0.6 is 12.4 Å². The van der Waals surface area contributed by atoms with Gasteiger partial charge in [0.25, 0.3) is 5.69 Å². The summed E-state index contributed by atoms with van der Waals surface area (Å²) in [6, 6.07) is 7.37. The first-order valence-electron chi connectivity index (χ1n) is 5.81. The molecule has 1 unspecified atom stereocenters. The highest BCUT2D eigenvalue weighted by atomic mass is 35.5. The highest BCUT2D eigenvalue weighted by Gasteiger charge is 2.19. The van der Waals surface area contributed by atoms with Crippen molar-refractivity contribution in [3.05, 3.63) is 39.9 Å². The largest absolute Gasteiger partial charge is 0.315 e. The van der Waals surface area contributed by atoms with Gasteiger partial charge in [-0.1, -0.05) is 12.1 Å². The van der Waals surface area contributed by atoms with E-state index in [1.807, 2.05) is 12.1 Å². The number of nitrogens with one attached hydrogen (secondary N) is 1. The minimum absolute atomic E-state index is 0. The molecule has 0 amide bonds. The number of hydrogen-bond donors (Lipinski definition) is 1. The third-order valence-corrected chi connectivity index (χ3v) is 3.24. The lowest BCUT2D eigenvalue weighted by Crippen LogP contribution is -2.32. The Kier molecular flexibility index (Phi) is 5.53. The molecule has 1 fully saturated rings. The second kappa shape index (κ2) is 6.68. The molecule has 1 aromatic carbocycles. The first kappa shape index (κ1) is 14.9. The van der Waals surface area contributed by atoms with Crippen molar-refractivity contribution in [2.24, 2.45) is 0 Å². The lowest BCUT2D eigenvalue weighted by atomic mass is 10.1. The van der Waals surface area contributed by atoms with Crippen LogP contribution in [0.25, 0.3) is 0 Å². The number of nitro benzene ring substituents is 1. The fourth-order valence-electron chi connectivity index (χ4n) is 2.16. The topological polar surface area (TPSA) is 58.4 Å². The minimum atomic E-state index is -0.367. The summed E-state index contributed by atoms with van der Waals surface area (Å²) in [7, 11) is 2.10. The second-order valence-electron chi connectivity index (χ2n) is 4.49. The van der Waals surface area contributed by atoms with Gasteiger partial charge < -0.3 is 5.32 Å². The standard InChI is InChI=1S/C12H17N3O2.ClH/c1-14(12-6-7-13-8-12)9-10-2-4-11(5-3-10)15(16)17;/h2-5,12-13H,6-9H2,1H3;1H. The summed E-state index contributed by atoms with van der Waals surface area (Å²) in [4.78, 5) is 12.5. The van der Waals surface area contributed by atoms with Crippen LogP contribution in [0.2, 0.25) is 0 Å². The lowest BCUT2D eigenvalue weighted by molar-refractivity contribution is -0.384. The molecule has 1 N–H and O–H groups in total. The van der Waals surface area contributed by atoms with Gasteiger partial charge in [0.15, 0.2) is 0 Å². The van der Waals surface area contributed by atoms with Crippen molar-refractivity contribution in [3.8, 4) is 0 Å². The number of benzene rings is 1. The fraction of sp³-hybridized carbons (Fsp3) is 0.500. The van der Waals surface area contributed by atoms with E-state index in [9.17, 15) is 10.1 Å². The van der Waals surface area contributed by atoms with Gasteiger partial charge in [-0.15, -0.1) is 12.4 Å². The van der Waals surface area contributed by atoms with Crippen molar-refractivity contribution in [2.45, 2.75) is 19.0 Å². The zero-order valence-corrected chi connectivity index (χ0v) is 11.2. The molecular weight excluding hydrogens is 254 g/mol. The Bertz CT molecular complexity index is 391. The van der Waals surface area contributed by atoms with Crippen LogP contribution in [0.4, 0.5) is 5.69 Å². The Morgan fingerprint density at radius 3 is 2.61 bits per heavy atom. The van der Waals surface area contributed by atoms with Gasteiger partial charge in [-0.3, -0.25) is 15.0 Å². The van der Waals surface area contributed by atoms with Crippen LogP contribution in [0.3, 0.4) is 0 Å². The zero-order chi connectivity index (χ0) is 12.3. The molecule has 100 valence electrons. The van der Waals surface area contributed by atoms with Crippen molar-refractivity contribution in [1.82, 2.24) is 10.2 Å². The Morgan fingerprint density at radius 2 is 2.11 bits per heavy atom. The number of hydrogen-bond acceptors (Lipinski definition) is 4. The number of nitro groups is 1. The second-order valence-corrected chi connectivity index (χ2v) is 4.49. The molecule has 5 nitrogen and oxygen atoms in total. The number of halogens is 1. The molecular formula is C12H18ClN3O2. The maximum atomic E-state index is 10.5. The average molecular weight is 272 g/mol. The molecule has 1 saturated heterocycles. The van der Waals surface area contributed by atoms with Crippen molar-refractivity contribution >= 4 is 18.1 Å². The summed E-state index contributed by atoms with van der Waals surface area (Å²) in [5.41, 5.74) is 1.27. The van der Waals surface area contributed by atoms with E-state index in [1.54, 1.807) is 12.1 Å². The molecule has 1 aliphatic rings. The van der Waals surface area contributed by atoms with Crippen LogP contribution in [0.15, 0.2) is 24.3 Å². The van der Waals surface area contributed by atoms with Crippen LogP contribution in [-0.2, 0) is 6.54 Å². The summed E-state index contributed by atoms with van der Waals surface area (Å²) in [5, 5.41) is 13.9. The molecule has 1 heterocycles. The van der Waals surface area contributed by atoms with Crippen LogP contribution < -0.4 is 5.32 Å². The average Bonchev–Trinajstić information content (AvgIpc) is 2.83. The SMILES string of the molecule is CN(Cc1ccc([N+](=O)[O-])cc1)C1CCNC1.Cl. The van der Waals surface area contributed by atoms with Crippen molar-refractivity contribution in [2.75, 3.05) is 20.1 Å². The molecule has 0 spiro atoms. The predicted octanol–water partition coefficient (Wildman–Crippen LogP) is 1.81. The molecule has 1 aliphatic heterocycles. The third kappa shape index (κ3) is 3.66. The molecule has 0 aliphatic carbocycles. The Morgan fingerprint density at radius 1 is 1.44 bits per heavy atom. The molecule has 1 atom stereocenters. The van der Waals surface area contributed by atoms with E-state index < -0.39 is 0 Å². The van der Waals surface area contributed by atoms with E-state index in [0.717, 1.165) is 25.2 Å². The molecule has 1 aromatic rings. The van der Waals surface area contributed by atoms with Gasteiger partial charge in [0, 0.05) is 31.3 Å². The van der Waals surface area contributed by atoms with Crippen LogP contribution in [-0.4, -0.2) is 36.0 Å². The Balaban J connectivity index is 0.00000162. The van der Waals surface area contributed by atoms with Gasteiger partial charge in [0.1, 0.15) is 0 Å². The number of nitrogens with zero attached hydrogens (tertiary/aromatic N) is 2. The molecule has 6 heteroatoms. The molecule has 0 bridgehead atoms. The lowest BCUT2D eigenvalue weighted by Gasteiger charge is -2.23. The van der Waals surface area contributed by atoms with E-state index in [2.05, 4.69) is 17.3 Å². The van der Waals surface area contributed by atoms with Gasteiger partial charge >= 0.3 is 0 Å². The van der Waals surface area contributed by atoms with Gasteiger partial charge in [-0.25, -0.2) is 0 Å². The molecule has 0 aromatic heterocycles. The van der Waals surface area contributed by atoms with Crippen molar-refractivity contribution in [1.29, 1.82) is 0 Å². The minimum Gasteiger partial charge on any atom is -0.315 e. The first-order chi connectivity index (χ1) is 8.16. The van der Waals surface area contributed by atoms with Crippen LogP contribution in [0.5, 0.6) is 0 Å². The molecule has 2 rings (SSSR count). The Hall–Kier alpha value is -1.17. The fourth-order valence-corrected chi connectivity index (χ4v) is 2.16. The van der Waals surface area contributed by atoms with Crippen molar-refractivity contribution < 1.29 is 4.92 Å². The Labute approximate surface area is 113 Å². The number of rotatable bonds is 4. The third-order valence-electron chi connectivity index (χ3n) is 3.24. The summed E-state index contributed by atoms with van der Waals surface area (Å²) in [5.74, 6) is 0. The van der Waals surface area contributed by atoms with E-state index in [1.165, 1.54) is 6.42 Å². The summed E-state index contributed by atoms with van der Waals surface area (Å²) in [6.45, 7) is 2.95. The highest BCUT2D eigenvalue weighted by Crippen LogP contribution is 2.15. The normalized spacial score (nSPS) is 18.7. The van der Waals surface area contributed by atoms with Gasteiger partial charge in [-0.2, -0.15) is 0 Å². The van der Waals surface area contributed by atoms with Gasteiger partial charge in [0.2, 0.25) is 0 Å². The summed E-state index contributed by atoms with van der Waals surface area (Å²) in [6.07, 6.45) is 1.17. The molecule has 0 radical (unpaired) electrons. The van der Waals surface area contributed by atoms with Gasteiger partial charge in [0.05, 0.1) is 4.92 Å². The van der Waals surface area contributed by atoms with E-state index >= 15 is 0 Å². The first-order valence-corrected chi connectivity index (χ1v) is 5.81. The van der Waals surface area contributed by atoms with E-state index in [0.29, 0.717) is 6.04 Å². The van der Waals surface area contributed by atoms with Gasteiger partial charge in [-0.05, 0) is 25.6 Å². The number of likely N-dealkylation sites (N-methyl/N-ethyl adjacent to an activating group) is 1. The zero-order valence-electron chi connectivity index (χ0n) is 10.3. The van der Waals surface area contributed by atoms with Crippen molar-refractivity contribution in [3.63, 3.8) is 0 Å².